The van der Waals surface area contributed by atoms with E-state index < -0.39 is 0 Å². The first-order valence-corrected chi connectivity index (χ1v) is 2.68. The maximum atomic E-state index is 10.2. The molecule has 0 radical (unpaired) electrons. The van der Waals surface area contributed by atoms with Gasteiger partial charge in [0.2, 0.25) is 0 Å². The quantitative estimate of drug-likeness (QED) is 0.399. The fraction of sp³-hybridized carbons (Fsp3) is 0. The first kappa shape index (κ1) is 8.30. The van der Waals surface area contributed by atoms with Gasteiger partial charge in [-0.2, -0.15) is 11.3 Å². The van der Waals surface area contributed by atoms with E-state index in [1.54, 1.807) is 5.38 Å². The van der Waals surface area contributed by atoms with Gasteiger partial charge in [-0.05, 0) is 6.07 Å². The van der Waals surface area contributed by atoms with Crippen molar-refractivity contribution in [2.24, 2.45) is 0 Å². The molecule has 0 saturated carbocycles. The molecular weight excluding hydrogens is 133 g/mol. The van der Waals surface area contributed by atoms with E-state index in [0.29, 0.717) is 5.69 Å². The minimum atomic E-state index is 0. The summed E-state index contributed by atoms with van der Waals surface area (Å²) in [6, 6.07) is 1.41. The van der Waals surface area contributed by atoms with Crippen molar-refractivity contribution in [1.29, 1.82) is 0 Å². The van der Waals surface area contributed by atoms with Crippen molar-refractivity contribution >= 4 is 17.0 Å². The molecule has 2 nitrogen and oxygen atoms in total. The molecule has 0 bridgehead atoms. The predicted molar refractivity (Wildman–Crippen MR) is 28.2 cm³/mol. The molecule has 2 N–H and O–H groups in total. The number of hydrogen-bond donors (Lipinski definition) is 1. The Morgan fingerprint density at radius 3 is 2.38 bits per heavy atom. The van der Waals surface area contributed by atoms with E-state index in [4.69, 9.17) is 5.73 Å². The summed E-state index contributed by atoms with van der Waals surface area (Å²) in [5.41, 5.74) is 5.75. The zero-order valence-corrected chi connectivity index (χ0v) is 7.37. The second-order valence-electron chi connectivity index (χ2n) is 1.20. The van der Waals surface area contributed by atoms with Crippen LogP contribution in [0.3, 0.4) is 0 Å². The van der Waals surface area contributed by atoms with E-state index >= 15 is 0 Å². The summed E-state index contributed by atoms with van der Waals surface area (Å²) in [7, 11) is 0. The van der Waals surface area contributed by atoms with E-state index in [-0.39, 0.29) is 34.6 Å². The van der Waals surface area contributed by atoms with E-state index in [9.17, 15) is 5.11 Å². The van der Waals surface area contributed by atoms with Gasteiger partial charge in [-0.3, -0.25) is 0 Å². The number of hydrogen-bond acceptors (Lipinski definition) is 3. The average Bonchev–Trinajstić information content (AvgIpc) is 1.87. The molecule has 0 spiro atoms. The number of nitrogens with two attached hydrogens (primary N) is 1. The van der Waals surface area contributed by atoms with E-state index in [0.717, 1.165) is 11.3 Å². The van der Waals surface area contributed by atoms with Crippen LogP contribution in [0.25, 0.3) is 0 Å². The molecule has 0 aromatic carbocycles. The van der Waals surface area contributed by atoms with Crippen LogP contribution in [0.2, 0.25) is 0 Å². The molecule has 0 atom stereocenters. The van der Waals surface area contributed by atoms with Gasteiger partial charge in [0.05, 0.1) is 0 Å². The SMILES string of the molecule is Nc1csc([O-])c1.[Na+]. The third kappa shape index (κ3) is 2.05. The molecule has 4 heteroatoms. The Kier molecular flexibility index (Phi) is 3.48. The van der Waals surface area contributed by atoms with Crippen LogP contribution in [0.1, 0.15) is 0 Å². The Balaban J connectivity index is 0.000000490. The summed E-state index contributed by atoms with van der Waals surface area (Å²) in [5.74, 6) is 0. The van der Waals surface area contributed by atoms with Gasteiger partial charge in [-0.1, -0.05) is 5.06 Å². The zero-order chi connectivity index (χ0) is 5.28. The van der Waals surface area contributed by atoms with Gasteiger partial charge >= 0.3 is 29.6 Å². The van der Waals surface area contributed by atoms with Crippen molar-refractivity contribution in [2.45, 2.75) is 0 Å². The molecule has 0 amide bonds. The molecule has 1 aromatic heterocycles. The summed E-state index contributed by atoms with van der Waals surface area (Å²) >= 11 is 1.12. The van der Waals surface area contributed by atoms with Crippen molar-refractivity contribution in [3.8, 4) is 5.06 Å². The Morgan fingerprint density at radius 1 is 1.62 bits per heavy atom. The molecule has 0 fully saturated rings. The molecule has 0 aliphatic rings. The Morgan fingerprint density at radius 2 is 2.25 bits per heavy atom. The minimum Gasteiger partial charge on any atom is -0.865 e. The van der Waals surface area contributed by atoms with Crippen molar-refractivity contribution in [3.05, 3.63) is 11.4 Å². The van der Waals surface area contributed by atoms with Crippen LogP contribution in [0.15, 0.2) is 11.4 Å². The van der Waals surface area contributed by atoms with E-state index in [1.807, 2.05) is 0 Å². The third-order valence-electron chi connectivity index (χ3n) is 0.596. The van der Waals surface area contributed by atoms with Gasteiger partial charge in [-0.25, -0.2) is 0 Å². The molecule has 0 unspecified atom stereocenters. The molecule has 0 saturated heterocycles. The van der Waals surface area contributed by atoms with Crippen molar-refractivity contribution < 1.29 is 34.7 Å². The van der Waals surface area contributed by atoms with E-state index in [2.05, 4.69) is 0 Å². The monoisotopic (exact) mass is 137 g/mol. The molecule has 1 heterocycles. The summed E-state index contributed by atoms with van der Waals surface area (Å²) in [4.78, 5) is 0. The Bertz CT molecular complexity index is 148. The maximum Gasteiger partial charge on any atom is 1.00 e. The smallest absolute Gasteiger partial charge is 0.865 e. The van der Waals surface area contributed by atoms with Gasteiger partial charge in [0.1, 0.15) is 0 Å². The van der Waals surface area contributed by atoms with Gasteiger partial charge < -0.3 is 10.8 Å². The zero-order valence-electron chi connectivity index (χ0n) is 4.55. The summed E-state index contributed by atoms with van der Waals surface area (Å²) in [6.07, 6.45) is 0. The molecule has 8 heavy (non-hydrogen) atoms. The number of nitrogen functional groups attached to an aromatic ring is 1. The topological polar surface area (TPSA) is 49.1 Å². The molecule has 0 aliphatic carbocycles. The summed E-state index contributed by atoms with van der Waals surface area (Å²) < 4.78 is 0. The largest absolute Gasteiger partial charge is 1.00 e. The second kappa shape index (κ2) is 3.35. The first-order valence-electron chi connectivity index (χ1n) is 1.80. The standard InChI is InChI=1S/C4H5NOS.Na/c5-3-1-4(6)7-2-3;/h1-2,6H,5H2;/q;+1/p-1. The van der Waals surface area contributed by atoms with Gasteiger partial charge in [0, 0.05) is 11.1 Å². The number of rotatable bonds is 0. The summed E-state index contributed by atoms with van der Waals surface area (Å²) in [6.45, 7) is 0. The Labute approximate surface area is 73.6 Å². The van der Waals surface area contributed by atoms with Crippen LogP contribution in [0.4, 0.5) is 5.69 Å². The average molecular weight is 137 g/mol. The van der Waals surface area contributed by atoms with Crippen LogP contribution >= 0.6 is 11.3 Å². The van der Waals surface area contributed by atoms with Crippen LogP contribution in [-0.4, -0.2) is 0 Å². The number of thiophene rings is 1. The van der Waals surface area contributed by atoms with Gasteiger partial charge in [0.25, 0.3) is 0 Å². The molecule has 1 aromatic rings. The van der Waals surface area contributed by atoms with Gasteiger partial charge in [-0.15, -0.1) is 0 Å². The number of anilines is 1. The predicted octanol–water partition coefficient (Wildman–Crippen LogP) is -2.59. The van der Waals surface area contributed by atoms with Crippen LogP contribution in [-0.2, 0) is 0 Å². The van der Waals surface area contributed by atoms with Gasteiger partial charge in [0.15, 0.2) is 0 Å². The van der Waals surface area contributed by atoms with Crippen LogP contribution < -0.4 is 40.4 Å². The summed E-state index contributed by atoms with van der Waals surface area (Å²) in [5, 5.41) is 11.9. The molecule has 0 aliphatic heterocycles. The minimum absolute atomic E-state index is 0. The van der Waals surface area contributed by atoms with Crippen LogP contribution in [0, 0.1) is 0 Å². The fourth-order valence-corrected chi connectivity index (χ4v) is 0.855. The molecular formula is C4H4NNaOS. The normalized spacial score (nSPS) is 8.00. The van der Waals surface area contributed by atoms with Crippen LogP contribution in [0.5, 0.6) is 5.06 Å². The first-order chi connectivity index (χ1) is 3.29. The Hall–Kier alpha value is 0.300. The molecule has 1 rings (SSSR count). The van der Waals surface area contributed by atoms with Crippen molar-refractivity contribution in [3.63, 3.8) is 0 Å². The van der Waals surface area contributed by atoms with Crippen molar-refractivity contribution in [2.75, 3.05) is 5.73 Å². The fourth-order valence-electron chi connectivity index (χ4n) is 0.330. The van der Waals surface area contributed by atoms with Crippen molar-refractivity contribution in [1.82, 2.24) is 0 Å². The third-order valence-corrected chi connectivity index (χ3v) is 1.34. The second-order valence-corrected chi connectivity index (χ2v) is 2.07. The maximum absolute atomic E-state index is 10.2. The molecule has 38 valence electrons. The van der Waals surface area contributed by atoms with E-state index in [1.165, 1.54) is 6.07 Å².